The number of ether oxygens (including phenoxy) is 3. The highest BCUT2D eigenvalue weighted by molar-refractivity contribution is 6.11. The van der Waals surface area contributed by atoms with Crippen LogP contribution in [-0.2, 0) is 27.3 Å². The fourth-order valence-electron chi connectivity index (χ4n) is 4.22. The van der Waals surface area contributed by atoms with Crippen LogP contribution in [0, 0.1) is 12.3 Å². The van der Waals surface area contributed by atoms with Gasteiger partial charge in [-0.3, -0.25) is 14.5 Å². The van der Waals surface area contributed by atoms with E-state index in [-0.39, 0.29) is 38.3 Å². The Labute approximate surface area is 203 Å². The molecule has 9 heteroatoms. The summed E-state index contributed by atoms with van der Waals surface area (Å²) in [6.07, 6.45) is 2.81. The van der Waals surface area contributed by atoms with Crippen molar-refractivity contribution in [1.29, 1.82) is 0 Å². The van der Waals surface area contributed by atoms with Gasteiger partial charge in [-0.1, -0.05) is 12.1 Å². The maximum absolute atomic E-state index is 13.7. The Morgan fingerprint density at radius 3 is 2.54 bits per heavy atom. The topological polar surface area (TPSA) is 77.1 Å². The van der Waals surface area contributed by atoms with E-state index < -0.39 is 30.2 Å². The average molecular weight is 487 g/mol. The molecule has 0 spiro atoms. The number of amides is 2. The maximum atomic E-state index is 13.7. The first kappa shape index (κ1) is 26.0. The zero-order chi connectivity index (χ0) is 25.4. The molecule has 0 unspecified atom stereocenters. The molecule has 0 aliphatic carbocycles. The van der Waals surface area contributed by atoms with Crippen molar-refractivity contribution in [2.24, 2.45) is 0 Å². The van der Waals surface area contributed by atoms with E-state index in [1.165, 1.54) is 18.1 Å². The summed E-state index contributed by atoms with van der Waals surface area (Å²) >= 11 is 0. The molecule has 1 fully saturated rings. The predicted molar refractivity (Wildman–Crippen MR) is 127 cm³/mol. The molecule has 0 bridgehead atoms. The van der Waals surface area contributed by atoms with E-state index >= 15 is 0 Å². The number of carbonyl (C=O) groups excluding carboxylic acids is 2. The molecule has 1 aliphatic rings. The Morgan fingerprint density at radius 1 is 1.17 bits per heavy atom. The van der Waals surface area contributed by atoms with Crippen LogP contribution in [0.25, 0.3) is 0 Å². The Hall–Kier alpha value is -3.64. The number of nitrogens with one attached hydrogen (secondary N) is 1. The number of hydrogen-bond donors (Lipinski definition) is 1. The van der Waals surface area contributed by atoms with Crippen molar-refractivity contribution in [1.82, 2.24) is 5.32 Å². The predicted octanol–water partition coefficient (Wildman–Crippen LogP) is 3.34. The summed E-state index contributed by atoms with van der Waals surface area (Å²) in [7, 11) is 3.05. The van der Waals surface area contributed by atoms with Crippen molar-refractivity contribution in [2.45, 2.75) is 37.8 Å². The zero-order valence-corrected chi connectivity index (χ0v) is 19.7. The lowest BCUT2D eigenvalue weighted by atomic mass is 9.85. The van der Waals surface area contributed by atoms with Crippen LogP contribution in [0.5, 0.6) is 11.5 Å². The van der Waals surface area contributed by atoms with Crippen molar-refractivity contribution >= 4 is 17.5 Å². The average Bonchev–Trinajstić information content (AvgIpc) is 2.87. The first-order chi connectivity index (χ1) is 16.8. The highest BCUT2D eigenvalue weighted by Gasteiger charge is 2.48. The maximum Gasteiger partial charge on any atom is 0.303 e. The van der Waals surface area contributed by atoms with Gasteiger partial charge in [0.2, 0.25) is 12.3 Å². The summed E-state index contributed by atoms with van der Waals surface area (Å²) in [5.74, 6) is 2.06. The van der Waals surface area contributed by atoms with Gasteiger partial charge in [-0.05, 0) is 35.7 Å². The number of halogens is 2. The minimum atomic E-state index is -2.55. The van der Waals surface area contributed by atoms with Crippen LogP contribution in [0.2, 0.25) is 0 Å². The molecule has 1 aliphatic heterocycles. The Morgan fingerprint density at radius 2 is 1.91 bits per heavy atom. The third kappa shape index (κ3) is 5.89. The molecule has 2 aromatic rings. The lowest BCUT2D eigenvalue weighted by Gasteiger charge is -2.44. The van der Waals surface area contributed by atoms with E-state index in [0.717, 1.165) is 0 Å². The number of anilines is 1. The molecule has 7 nitrogen and oxygen atoms in total. The summed E-state index contributed by atoms with van der Waals surface area (Å²) in [5, 5.41) is 2.90. The van der Waals surface area contributed by atoms with E-state index in [1.54, 1.807) is 43.5 Å². The molecule has 0 saturated carbocycles. The van der Waals surface area contributed by atoms with Gasteiger partial charge < -0.3 is 19.5 Å². The Balaban J connectivity index is 1.96. The summed E-state index contributed by atoms with van der Waals surface area (Å²) < 4.78 is 42.1. The van der Waals surface area contributed by atoms with E-state index in [4.69, 9.17) is 20.6 Å². The molecule has 186 valence electrons. The van der Waals surface area contributed by atoms with Gasteiger partial charge in [0, 0.05) is 56.3 Å². The second-order valence-electron chi connectivity index (χ2n) is 8.05. The van der Waals surface area contributed by atoms with Crippen LogP contribution in [0.15, 0.2) is 42.5 Å². The van der Waals surface area contributed by atoms with Crippen LogP contribution < -0.4 is 19.7 Å². The summed E-state index contributed by atoms with van der Waals surface area (Å²) in [5.41, 5.74) is -0.0362. The number of carbonyl (C=O) groups is 2. The van der Waals surface area contributed by atoms with Crippen LogP contribution >= 0.6 is 0 Å². The van der Waals surface area contributed by atoms with Crippen LogP contribution in [0.3, 0.4) is 0 Å². The number of methoxy groups -OCH3 is 2. The fourth-order valence-corrected chi connectivity index (χ4v) is 4.22. The molecule has 1 N–H and O–H groups in total. The van der Waals surface area contributed by atoms with Gasteiger partial charge in [0.1, 0.15) is 17.0 Å². The van der Waals surface area contributed by atoms with E-state index in [9.17, 15) is 18.4 Å². The first-order valence-corrected chi connectivity index (χ1v) is 11.1. The quantitative estimate of drug-likeness (QED) is 0.551. The smallest absolute Gasteiger partial charge is 0.303 e. The monoisotopic (exact) mass is 486 g/mol. The Kier molecular flexibility index (Phi) is 8.66. The first-order valence-electron chi connectivity index (χ1n) is 11.1. The van der Waals surface area contributed by atoms with Gasteiger partial charge in [-0.15, -0.1) is 6.42 Å². The number of hydrogen-bond acceptors (Lipinski definition) is 5. The molecule has 3 rings (SSSR count). The van der Waals surface area contributed by atoms with Crippen LogP contribution in [0.1, 0.15) is 24.0 Å². The third-order valence-electron chi connectivity index (χ3n) is 5.99. The number of benzene rings is 2. The molecule has 35 heavy (non-hydrogen) atoms. The second-order valence-corrected chi connectivity index (χ2v) is 8.05. The molecule has 0 aromatic heterocycles. The standard InChI is InChI=1S/C26H28F2N2O5/c1-4-24(31)30(20-7-5-6-18(14-20)15-23(27)28)26(10-12-35-13-11-26)25(32)29-17-19-8-9-21(33-2)16-22(19)34-3/h1,5-9,14,16,23H,10-13,15,17H2,2-3H3,(H,29,32). The summed E-state index contributed by atoms with van der Waals surface area (Å²) in [6.45, 7) is 0.576. The van der Waals surface area contributed by atoms with Crippen LogP contribution in [0.4, 0.5) is 14.5 Å². The lowest BCUT2D eigenvalue weighted by molar-refractivity contribution is -0.133. The van der Waals surface area contributed by atoms with Crippen molar-refractivity contribution in [2.75, 3.05) is 32.3 Å². The van der Waals surface area contributed by atoms with E-state index in [2.05, 4.69) is 11.2 Å². The van der Waals surface area contributed by atoms with Crippen molar-refractivity contribution in [3.05, 3.63) is 53.6 Å². The van der Waals surface area contributed by atoms with Crippen molar-refractivity contribution < 1.29 is 32.6 Å². The molecule has 0 radical (unpaired) electrons. The zero-order valence-electron chi connectivity index (χ0n) is 19.7. The molecule has 2 amide bonds. The molecular weight excluding hydrogens is 458 g/mol. The summed E-state index contributed by atoms with van der Waals surface area (Å²) in [4.78, 5) is 27.9. The van der Waals surface area contributed by atoms with Crippen molar-refractivity contribution in [3.63, 3.8) is 0 Å². The van der Waals surface area contributed by atoms with E-state index in [1.807, 2.05) is 0 Å². The minimum absolute atomic E-state index is 0.123. The lowest BCUT2D eigenvalue weighted by Crippen LogP contribution is -2.63. The fraction of sp³-hybridized carbons (Fsp3) is 0.385. The Bertz CT molecular complexity index is 1090. The highest BCUT2D eigenvalue weighted by Crippen LogP contribution is 2.34. The molecule has 0 atom stereocenters. The van der Waals surface area contributed by atoms with E-state index in [0.29, 0.717) is 22.6 Å². The van der Waals surface area contributed by atoms with Gasteiger partial charge in [0.15, 0.2) is 0 Å². The normalized spacial score (nSPS) is 14.6. The van der Waals surface area contributed by atoms with Crippen LogP contribution in [-0.4, -0.2) is 51.2 Å². The largest absolute Gasteiger partial charge is 0.497 e. The molecule has 2 aromatic carbocycles. The number of terminal acetylenes is 1. The van der Waals surface area contributed by atoms with Gasteiger partial charge in [-0.2, -0.15) is 0 Å². The third-order valence-corrected chi connectivity index (χ3v) is 5.99. The van der Waals surface area contributed by atoms with Gasteiger partial charge in [0.05, 0.1) is 14.2 Å². The van der Waals surface area contributed by atoms with Gasteiger partial charge in [-0.25, -0.2) is 8.78 Å². The SMILES string of the molecule is C#CC(=O)N(c1cccc(CC(F)F)c1)C1(C(=O)NCc2ccc(OC)cc2OC)CCOCC1. The molecule has 1 heterocycles. The molecule has 1 saturated heterocycles. The van der Waals surface area contributed by atoms with Gasteiger partial charge >= 0.3 is 5.91 Å². The number of nitrogens with zero attached hydrogens (tertiary/aromatic N) is 1. The van der Waals surface area contributed by atoms with Crippen molar-refractivity contribution in [3.8, 4) is 23.8 Å². The minimum Gasteiger partial charge on any atom is -0.497 e. The number of rotatable bonds is 9. The molecular formula is C26H28F2N2O5. The highest BCUT2D eigenvalue weighted by atomic mass is 19.3. The number of alkyl halides is 2. The summed E-state index contributed by atoms with van der Waals surface area (Å²) in [6, 6.07) is 11.4. The van der Waals surface area contributed by atoms with Gasteiger partial charge in [0.25, 0.3) is 0 Å². The second kappa shape index (κ2) is 11.7.